The smallest absolute Gasteiger partial charge is 0.416 e. The SMILES string of the molecule is O=C(O)c1ccc(-c2nn(-c3ccc(C(F)(F)F)cc3)cc2CNc2ccc(F)cc2)cc1. The van der Waals surface area contributed by atoms with Gasteiger partial charge >= 0.3 is 12.1 Å². The van der Waals surface area contributed by atoms with Crippen molar-refractivity contribution in [2.75, 3.05) is 5.32 Å². The van der Waals surface area contributed by atoms with Crippen LogP contribution in [-0.4, -0.2) is 20.9 Å². The van der Waals surface area contributed by atoms with Gasteiger partial charge in [0.05, 0.1) is 22.5 Å². The molecule has 1 aromatic heterocycles. The fourth-order valence-corrected chi connectivity index (χ4v) is 3.25. The van der Waals surface area contributed by atoms with Crippen LogP contribution in [0.2, 0.25) is 0 Å². The fraction of sp³-hybridized carbons (Fsp3) is 0.0833. The van der Waals surface area contributed by atoms with Crippen molar-refractivity contribution in [2.24, 2.45) is 0 Å². The number of carboxylic acid groups (broad SMARTS) is 1. The third-order valence-corrected chi connectivity index (χ3v) is 4.98. The summed E-state index contributed by atoms with van der Waals surface area (Å²) in [5.41, 5.74) is 2.34. The first kappa shape index (κ1) is 22.1. The van der Waals surface area contributed by atoms with Crippen LogP contribution < -0.4 is 5.32 Å². The number of nitrogens with one attached hydrogen (secondary N) is 1. The zero-order valence-corrected chi connectivity index (χ0v) is 17.0. The highest BCUT2D eigenvalue weighted by molar-refractivity contribution is 5.88. The summed E-state index contributed by atoms with van der Waals surface area (Å²) in [5, 5.41) is 16.8. The standard InChI is InChI=1S/C24H17F4N3O2/c25-19-7-9-20(10-8-19)29-13-17-14-31(21-11-5-18(6-12-21)24(26,27)28)30-22(17)15-1-3-16(4-2-15)23(32)33/h1-12,14,29H,13H2,(H,32,33). The summed E-state index contributed by atoms with van der Waals surface area (Å²) >= 11 is 0. The molecule has 4 aromatic rings. The second-order valence-electron chi connectivity index (χ2n) is 7.24. The van der Waals surface area contributed by atoms with E-state index in [2.05, 4.69) is 10.4 Å². The molecule has 0 spiro atoms. The number of benzene rings is 3. The Morgan fingerprint density at radius 3 is 2.15 bits per heavy atom. The number of aromatic carboxylic acids is 1. The zero-order valence-electron chi connectivity index (χ0n) is 17.0. The van der Waals surface area contributed by atoms with Gasteiger partial charge in [-0.25, -0.2) is 13.9 Å². The van der Waals surface area contributed by atoms with Gasteiger partial charge in [0.2, 0.25) is 0 Å². The predicted molar refractivity (Wildman–Crippen MR) is 115 cm³/mol. The Balaban J connectivity index is 1.69. The van der Waals surface area contributed by atoms with E-state index in [4.69, 9.17) is 5.11 Å². The maximum atomic E-state index is 13.2. The van der Waals surface area contributed by atoms with E-state index in [0.29, 0.717) is 34.7 Å². The van der Waals surface area contributed by atoms with E-state index in [9.17, 15) is 22.4 Å². The quantitative estimate of drug-likeness (QED) is 0.350. The lowest BCUT2D eigenvalue weighted by atomic mass is 10.1. The first-order valence-corrected chi connectivity index (χ1v) is 9.80. The molecule has 33 heavy (non-hydrogen) atoms. The fourth-order valence-electron chi connectivity index (χ4n) is 3.25. The van der Waals surface area contributed by atoms with Gasteiger partial charge in [-0.2, -0.15) is 18.3 Å². The molecule has 0 aliphatic rings. The number of hydrogen-bond donors (Lipinski definition) is 2. The molecule has 0 radical (unpaired) electrons. The van der Waals surface area contributed by atoms with Crippen molar-refractivity contribution in [1.82, 2.24) is 9.78 Å². The zero-order chi connectivity index (χ0) is 23.6. The molecule has 5 nitrogen and oxygen atoms in total. The molecule has 0 aliphatic carbocycles. The summed E-state index contributed by atoms with van der Waals surface area (Å²) in [6, 6.07) is 16.5. The summed E-state index contributed by atoms with van der Waals surface area (Å²) in [6.07, 6.45) is -2.76. The molecule has 9 heteroatoms. The second-order valence-corrected chi connectivity index (χ2v) is 7.24. The number of carbonyl (C=O) groups is 1. The topological polar surface area (TPSA) is 67.1 Å². The average molecular weight is 455 g/mol. The molecule has 0 amide bonds. The lowest BCUT2D eigenvalue weighted by Gasteiger charge is -2.07. The van der Waals surface area contributed by atoms with Crippen LogP contribution in [0.3, 0.4) is 0 Å². The van der Waals surface area contributed by atoms with E-state index in [0.717, 1.165) is 12.1 Å². The average Bonchev–Trinajstić information content (AvgIpc) is 3.22. The van der Waals surface area contributed by atoms with Gasteiger partial charge in [-0.15, -0.1) is 0 Å². The Morgan fingerprint density at radius 2 is 1.58 bits per heavy atom. The lowest BCUT2D eigenvalue weighted by Crippen LogP contribution is -2.05. The predicted octanol–water partition coefficient (Wildman–Crippen LogP) is 6.01. The molecule has 1 heterocycles. The van der Waals surface area contributed by atoms with E-state index in [-0.39, 0.29) is 11.4 Å². The summed E-state index contributed by atoms with van der Waals surface area (Å²) in [4.78, 5) is 11.1. The Bertz CT molecular complexity index is 1260. The van der Waals surface area contributed by atoms with Crippen LogP contribution in [0.5, 0.6) is 0 Å². The van der Waals surface area contributed by atoms with Gasteiger partial charge in [-0.05, 0) is 60.7 Å². The van der Waals surface area contributed by atoms with Crippen LogP contribution in [0.4, 0.5) is 23.2 Å². The minimum absolute atomic E-state index is 0.118. The van der Waals surface area contributed by atoms with Gasteiger partial charge in [-0.3, -0.25) is 0 Å². The molecular formula is C24H17F4N3O2. The largest absolute Gasteiger partial charge is 0.478 e. The highest BCUT2D eigenvalue weighted by Gasteiger charge is 2.30. The molecule has 2 N–H and O–H groups in total. The van der Waals surface area contributed by atoms with Crippen molar-refractivity contribution in [3.05, 3.63) is 102 Å². The van der Waals surface area contributed by atoms with Crippen molar-refractivity contribution < 1.29 is 27.5 Å². The normalized spacial score (nSPS) is 11.4. The Labute approximate surface area is 185 Å². The molecular weight excluding hydrogens is 438 g/mol. The van der Waals surface area contributed by atoms with Gasteiger partial charge in [-0.1, -0.05) is 12.1 Å². The van der Waals surface area contributed by atoms with E-state index < -0.39 is 17.7 Å². The highest BCUT2D eigenvalue weighted by Crippen LogP contribution is 2.30. The molecule has 0 saturated carbocycles. The molecule has 0 fully saturated rings. The van der Waals surface area contributed by atoms with Crippen molar-refractivity contribution >= 4 is 11.7 Å². The third-order valence-electron chi connectivity index (χ3n) is 4.98. The van der Waals surface area contributed by atoms with Crippen molar-refractivity contribution in [1.29, 1.82) is 0 Å². The number of carboxylic acids is 1. The summed E-state index contributed by atoms with van der Waals surface area (Å²) < 4.78 is 53.3. The summed E-state index contributed by atoms with van der Waals surface area (Å²) in [7, 11) is 0. The van der Waals surface area contributed by atoms with Crippen LogP contribution in [-0.2, 0) is 12.7 Å². The molecule has 0 unspecified atom stereocenters. The van der Waals surface area contributed by atoms with Crippen molar-refractivity contribution in [3.8, 4) is 16.9 Å². The van der Waals surface area contributed by atoms with Crippen molar-refractivity contribution in [3.63, 3.8) is 0 Å². The Kier molecular flexibility index (Phi) is 5.87. The van der Waals surface area contributed by atoms with Crippen LogP contribution in [0.25, 0.3) is 16.9 Å². The molecule has 0 aliphatic heterocycles. The van der Waals surface area contributed by atoms with Gasteiger partial charge in [0, 0.05) is 29.6 Å². The summed E-state index contributed by atoms with van der Waals surface area (Å²) in [6.45, 7) is 0.294. The summed E-state index contributed by atoms with van der Waals surface area (Å²) in [5.74, 6) is -1.43. The lowest BCUT2D eigenvalue weighted by molar-refractivity contribution is -0.137. The number of aromatic nitrogens is 2. The number of anilines is 1. The molecule has 0 bridgehead atoms. The number of halogens is 4. The van der Waals surface area contributed by atoms with E-state index in [1.165, 1.54) is 41.1 Å². The van der Waals surface area contributed by atoms with Gasteiger partial charge in [0.25, 0.3) is 0 Å². The van der Waals surface area contributed by atoms with E-state index in [1.54, 1.807) is 30.5 Å². The van der Waals surface area contributed by atoms with Gasteiger partial charge in [0.15, 0.2) is 0 Å². The number of hydrogen-bond acceptors (Lipinski definition) is 3. The molecule has 4 rings (SSSR count). The van der Waals surface area contributed by atoms with Crippen LogP contribution in [0.15, 0.2) is 79.0 Å². The third kappa shape index (κ3) is 5.03. The van der Waals surface area contributed by atoms with Crippen LogP contribution in [0.1, 0.15) is 21.5 Å². The maximum Gasteiger partial charge on any atom is 0.416 e. The first-order chi connectivity index (χ1) is 15.7. The monoisotopic (exact) mass is 455 g/mol. The minimum Gasteiger partial charge on any atom is -0.478 e. The van der Waals surface area contributed by atoms with E-state index >= 15 is 0 Å². The minimum atomic E-state index is -4.44. The molecule has 0 atom stereocenters. The van der Waals surface area contributed by atoms with E-state index in [1.807, 2.05) is 0 Å². The van der Waals surface area contributed by atoms with Crippen LogP contribution >= 0.6 is 0 Å². The number of alkyl halides is 3. The van der Waals surface area contributed by atoms with Crippen molar-refractivity contribution in [2.45, 2.75) is 12.7 Å². The number of nitrogens with zero attached hydrogens (tertiary/aromatic N) is 2. The number of rotatable bonds is 6. The van der Waals surface area contributed by atoms with Gasteiger partial charge < -0.3 is 10.4 Å². The maximum absolute atomic E-state index is 13.2. The molecule has 3 aromatic carbocycles. The second kappa shape index (κ2) is 8.78. The van der Waals surface area contributed by atoms with Gasteiger partial charge in [0.1, 0.15) is 5.82 Å². The molecule has 168 valence electrons. The Morgan fingerprint density at radius 1 is 0.939 bits per heavy atom. The highest BCUT2D eigenvalue weighted by atomic mass is 19.4. The molecule has 0 saturated heterocycles. The Hall–Kier alpha value is -4.14. The van der Waals surface area contributed by atoms with Crippen LogP contribution in [0, 0.1) is 5.82 Å². The first-order valence-electron chi connectivity index (χ1n) is 9.80.